The van der Waals surface area contributed by atoms with Crippen LogP contribution in [0.1, 0.15) is 155 Å². The van der Waals surface area contributed by atoms with Gasteiger partial charge in [0.05, 0.1) is 26.4 Å². The summed E-state index contributed by atoms with van der Waals surface area (Å²) < 4.78 is 33.3. The molecule has 3 unspecified atom stereocenters. The number of phosphoric ester groups is 1. The number of hydrogen-bond acceptors (Lipinski definition) is 8. The Morgan fingerprint density at radius 1 is 0.571 bits per heavy atom. The standard InChI is InChI=1S/C46H79O9P/c1-3-5-7-9-11-13-15-17-19-20-21-22-23-25-27-29-31-33-35-37-39-52-42-45(43-54-56(50,51)53-41-44(48)40-47)55-46(49)38-36-34-32-30-28-26-24-18-16-14-12-10-8-6-4-2/h6,8,11-14,17-19,21-22,24,28,30,44-45,47-48H,3-5,7,9-10,15-16,20,23,25-27,29,31-43H2,1-2H3,(H,50,51)/b8-6-,13-11-,14-12-,19-17-,22-21-,24-18-,30-28-. The number of ether oxygens (including phenoxy) is 2. The van der Waals surface area contributed by atoms with E-state index in [0.29, 0.717) is 13.0 Å². The molecule has 10 heteroatoms. The molecule has 3 N–H and O–H groups in total. The van der Waals surface area contributed by atoms with Crippen molar-refractivity contribution in [2.45, 2.75) is 167 Å². The third kappa shape index (κ3) is 41.3. The van der Waals surface area contributed by atoms with Crippen molar-refractivity contribution in [1.82, 2.24) is 0 Å². The van der Waals surface area contributed by atoms with Crippen LogP contribution in [-0.4, -0.2) is 66.3 Å². The third-order valence-electron chi connectivity index (χ3n) is 8.56. The van der Waals surface area contributed by atoms with Gasteiger partial charge in [0.2, 0.25) is 0 Å². The molecule has 9 nitrogen and oxygen atoms in total. The highest BCUT2D eigenvalue weighted by molar-refractivity contribution is 7.47. The molecule has 0 aromatic carbocycles. The van der Waals surface area contributed by atoms with E-state index < -0.39 is 45.8 Å². The van der Waals surface area contributed by atoms with Crippen molar-refractivity contribution >= 4 is 13.8 Å². The molecule has 3 atom stereocenters. The predicted molar refractivity (Wildman–Crippen MR) is 232 cm³/mol. The fourth-order valence-electron chi connectivity index (χ4n) is 5.29. The van der Waals surface area contributed by atoms with Gasteiger partial charge in [-0.1, -0.05) is 144 Å². The lowest BCUT2D eigenvalue weighted by Gasteiger charge is -2.20. The fourth-order valence-corrected chi connectivity index (χ4v) is 6.08. The van der Waals surface area contributed by atoms with E-state index in [1.165, 1.54) is 51.4 Å². The van der Waals surface area contributed by atoms with Crippen molar-refractivity contribution in [3.8, 4) is 0 Å². The van der Waals surface area contributed by atoms with E-state index in [4.69, 9.17) is 23.6 Å². The van der Waals surface area contributed by atoms with E-state index in [9.17, 15) is 19.4 Å². The number of carbonyl (C=O) groups is 1. The Balaban J connectivity index is 4.26. The lowest BCUT2D eigenvalue weighted by molar-refractivity contribution is -0.154. The van der Waals surface area contributed by atoms with Crippen LogP contribution in [0.4, 0.5) is 0 Å². The van der Waals surface area contributed by atoms with E-state index >= 15 is 0 Å². The topological polar surface area (TPSA) is 132 Å². The summed E-state index contributed by atoms with van der Waals surface area (Å²) in [5.41, 5.74) is 0. The second-order valence-electron chi connectivity index (χ2n) is 14.0. The zero-order valence-electron chi connectivity index (χ0n) is 35.1. The van der Waals surface area contributed by atoms with Crippen molar-refractivity contribution in [1.29, 1.82) is 0 Å². The van der Waals surface area contributed by atoms with Gasteiger partial charge in [0.25, 0.3) is 0 Å². The highest BCUT2D eigenvalue weighted by Crippen LogP contribution is 2.43. The van der Waals surface area contributed by atoms with E-state index in [0.717, 1.165) is 77.0 Å². The van der Waals surface area contributed by atoms with Gasteiger partial charge in [-0.2, -0.15) is 0 Å². The summed E-state index contributed by atoms with van der Waals surface area (Å²) >= 11 is 0. The molecule has 0 radical (unpaired) electrons. The molecule has 0 amide bonds. The van der Waals surface area contributed by atoms with Crippen LogP contribution in [-0.2, 0) is 27.9 Å². The third-order valence-corrected chi connectivity index (χ3v) is 9.52. The minimum atomic E-state index is -4.54. The van der Waals surface area contributed by atoms with Crippen LogP contribution in [0, 0.1) is 0 Å². The zero-order chi connectivity index (χ0) is 41.1. The number of unbranched alkanes of at least 4 members (excludes halogenated alkanes) is 12. The molecule has 0 saturated heterocycles. The molecular formula is C46H79O9P. The highest BCUT2D eigenvalue weighted by Gasteiger charge is 2.26. The van der Waals surface area contributed by atoms with Gasteiger partial charge in [0, 0.05) is 13.0 Å². The Hall–Kier alpha value is -2.36. The maximum atomic E-state index is 12.6. The number of phosphoric acid groups is 1. The Morgan fingerprint density at radius 3 is 1.54 bits per heavy atom. The van der Waals surface area contributed by atoms with Gasteiger partial charge in [-0.3, -0.25) is 13.8 Å². The number of esters is 1. The average Bonchev–Trinajstić information content (AvgIpc) is 3.19. The van der Waals surface area contributed by atoms with Crippen LogP contribution in [0.25, 0.3) is 0 Å². The number of aliphatic hydroxyl groups excluding tert-OH is 2. The molecule has 0 heterocycles. The quantitative estimate of drug-likeness (QED) is 0.0240. The molecule has 0 rings (SSSR count). The van der Waals surface area contributed by atoms with E-state index in [1.807, 2.05) is 0 Å². The predicted octanol–water partition coefficient (Wildman–Crippen LogP) is 11.9. The maximum Gasteiger partial charge on any atom is 0.472 e. The lowest BCUT2D eigenvalue weighted by atomic mass is 10.1. The molecule has 0 aromatic heterocycles. The van der Waals surface area contributed by atoms with E-state index in [1.54, 1.807) is 0 Å². The zero-order valence-corrected chi connectivity index (χ0v) is 36.0. The first kappa shape index (κ1) is 53.6. The SMILES string of the molecule is CC/C=C\C/C=C\C/C=C\C/C=C\CCCCC(=O)OC(COCCCCCCCCC/C=C\C/C=C\C/C=C\CCCCC)COP(=O)(O)OCC(O)CO. The smallest absolute Gasteiger partial charge is 0.457 e. The van der Waals surface area contributed by atoms with Gasteiger partial charge < -0.3 is 24.6 Å². The van der Waals surface area contributed by atoms with Crippen molar-refractivity contribution in [3.05, 3.63) is 85.1 Å². The summed E-state index contributed by atoms with van der Waals surface area (Å²) in [6.07, 6.45) is 51.1. The lowest BCUT2D eigenvalue weighted by Crippen LogP contribution is -2.29. The molecule has 0 fully saturated rings. The summed E-state index contributed by atoms with van der Waals surface area (Å²) in [7, 11) is -4.54. The summed E-state index contributed by atoms with van der Waals surface area (Å²) in [4.78, 5) is 22.5. The molecule has 0 aliphatic heterocycles. The second kappa shape index (κ2) is 42.3. The molecular weight excluding hydrogens is 727 g/mol. The molecule has 0 aliphatic rings. The number of hydrogen-bond donors (Lipinski definition) is 3. The van der Waals surface area contributed by atoms with Crippen molar-refractivity contribution in [2.75, 3.05) is 33.0 Å². The fraction of sp³-hybridized carbons (Fsp3) is 0.674. The van der Waals surface area contributed by atoms with Crippen LogP contribution in [0.5, 0.6) is 0 Å². The van der Waals surface area contributed by atoms with E-state index in [-0.39, 0.29) is 13.0 Å². The summed E-state index contributed by atoms with van der Waals surface area (Å²) in [6, 6.07) is 0. The van der Waals surface area contributed by atoms with Gasteiger partial charge >= 0.3 is 13.8 Å². The number of allylic oxidation sites excluding steroid dienone is 14. The number of aliphatic hydroxyl groups is 2. The molecule has 322 valence electrons. The van der Waals surface area contributed by atoms with Gasteiger partial charge in [-0.25, -0.2) is 4.57 Å². The van der Waals surface area contributed by atoms with Gasteiger partial charge in [0.15, 0.2) is 0 Å². The van der Waals surface area contributed by atoms with Gasteiger partial charge in [-0.05, 0) is 89.9 Å². The van der Waals surface area contributed by atoms with Gasteiger partial charge in [-0.15, -0.1) is 0 Å². The van der Waals surface area contributed by atoms with Crippen molar-refractivity contribution < 1.29 is 43.0 Å². The summed E-state index contributed by atoms with van der Waals surface area (Å²) in [5, 5.41) is 18.3. The highest BCUT2D eigenvalue weighted by atomic mass is 31.2. The van der Waals surface area contributed by atoms with Crippen LogP contribution in [0.2, 0.25) is 0 Å². The Bertz CT molecular complexity index is 1140. The first-order valence-corrected chi connectivity index (χ1v) is 23.1. The van der Waals surface area contributed by atoms with Crippen LogP contribution >= 0.6 is 7.82 Å². The molecule has 0 saturated carbocycles. The maximum absolute atomic E-state index is 12.6. The van der Waals surface area contributed by atoms with Crippen LogP contribution in [0.15, 0.2) is 85.1 Å². The van der Waals surface area contributed by atoms with E-state index in [2.05, 4.69) is 98.9 Å². The largest absolute Gasteiger partial charge is 0.472 e. The molecule has 0 bridgehead atoms. The Labute approximate surface area is 341 Å². The molecule has 0 aliphatic carbocycles. The Kier molecular flexibility index (Phi) is 40.5. The minimum absolute atomic E-state index is 0.0203. The average molecular weight is 807 g/mol. The first-order valence-electron chi connectivity index (χ1n) is 21.6. The van der Waals surface area contributed by atoms with Crippen molar-refractivity contribution in [2.24, 2.45) is 0 Å². The first-order chi connectivity index (χ1) is 27.3. The monoisotopic (exact) mass is 807 g/mol. The van der Waals surface area contributed by atoms with Crippen molar-refractivity contribution in [3.63, 3.8) is 0 Å². The number of carbonyl (C=O) groups excluding carboxylic acids is 1. The summed E-state index contributed by atoms with van der Waals surface area (Å²) in [5.74, 6) is -0.430. The molecule has 0 aromatic rings. The normalized spacial score (nSPS) is 14.9. The molecule has 0 spiro atoms. The van der Waals surface area contributed by atoms with Gasteiger partial charge in [0.1, 0.15) is 12.2 Å². The van der Waals surface area contributed by atoms with Crippen LogP contribution in [0.3, 0.4) is 0 Å². The molecule has 56 heavy (non-hydrogen) atoms. The summed E-state index contributed by atoms with van der Waals surface area (Å²) in [6.45, 7) is 3.27. The van der Waals surface area contributed by atoms with Crippen LogP contribution < -0.4 is 0 Å². The second-order valence-corrected chi connectivity index (χ2v) is 15.4. The Morgan fingerprint density at radius 2 is 1.02 bits per heavy atom. The minimum Gasteiger partial charge on any atom is -0.457 e. The number of rotatable bonds is 40.